The average Bonchev–Trinajstić information content (AvgIpc) is 2.87. The van der Waals surface area contributed by atoms with Crippen molar-refractivity contribution >= 4 is 11.9 Å². The Kier molecular flexibility index (Phi) is 10.9. The van der Waals surface area contributed by atoms with Crippen LogP contribution in [0, 0.1) is 17.8 Å². The van der Waals surface area contributed by atoms with E-state index in [1.165, 1.54) is 81.0 Å². The summed E-state index contributed by atoms with van der Waals surface area (Å²) in [5.41, 5.74) is 4.93. The number of hydrogen-bond acceptors (Lipinski definition) is 2. The minimum atomic E-state index is 0.515. The predicted octanol–water partition coefficient (Wildman–Crippen LogP) is 8.88. The average molecular weight is 445 g/mol. The molecule has 3 rings (SSSR count). The highest BCUT2D eigenvalue weighted by Crippen LogP contribution is 2.38. The molecule has 0 atom stereocenters. The van der Waals surface area contributed by atoms with Gasteiger partial charge < -0.3 is 0 Å². The van der Waals surface area contributed by atoms with E-state index >= 15 is 0 Å². The van der Waals surface area contributed by atoms with Crippen molar-refractivity contribution in [2.75, 3.05) is 0 Å². The zero-order valence-corrected chi connectivity index (χ0v) is 21.2. The molecule has 2 aromatic rings. The van der Waals surface area contributed by atoms with Gasteiger partial charge in [0.25, 0.3) is 0 Å². The summed E-state index contributed by atoms with van der Waals surface area (Å²) in [7, 11) is 0. The van der Waals surface area contributed by atoms with Crippen LogP contribution >= 0.6 is 0 Å². The third-order valence-corrected chi connectivity index (χ3v) is 7.38. The van der Waals surface area contributed by atoms with Gasteiger partial charge in [0.05, 0.1) is 11.9 Å². The van der Waals surface area contributed by atoms with Crippen molar-refractivity contribution in [1.82, 2.24) is 0 Å². The molecule has 2 heteroatoms. The van der Waals surface area contributed by atoms with Gasteiger partial charge in [-0.1, -0.05) is 107 Å². The van der Waals surface area contributed by atoms with E-state index in [0.717, 1.165) is 23.8 Å². The van der Waals surface area contributed by atoms with Crippen molar-refractivity contribution in [3.63, 3.8) is 0 Å². The summed E-state index contributed by atoms with van der Waals surface area (Å²) in [6.07, 6.45) is 16.1. The lowest BCUT2D eigenvalue weighted by atomic mass is 9.71. The van der Waals surface area contributed by atoms with E-state index in [4.69, 9.17) is 5.10 Å². The Bertz CT molecular complexity index is 836. The number of rotatable bonds is 12. The Morgan fingerprint density at radius 1 is 0.848 bits per heavy atom. The first kappa shape index (κ1) is 25.4. The Morgan fingerprint density at radius 3 is 2.12 bits per heavy atom. The van der Waals surface area contributed by atoms with E-state index in [-0.39, 0.29) is 0 Å². The molecular formula is C31H44N2. The van der Waals surface area contributed by atoms with Crippen LogP contribution < -0.4 is 0 Å². The lowest BCUT2D eigenvalue weighted by molar-refractivity contribution is 0.206. The summed E-state index contributed by atoms with van der Waals surface area (Å²) < 4.78 is 0. The Hall–Kier alpha value is -2.22. The maximum absolute atomic E-state index is 4.81. The molecule has 1 fully saturated rings. The Morgan fingerprint density at radius 2 is 1.52 bits per heavy atom. The molecule has 1 aliphatic rings. The lowest BCUT2D eigenvalue weighted by Gasteiger charge is -2.34. The highest BCUT2D eigenvalue weighted by molar-refractivity contribution is 6.02. The zero-order valence-electron chi connectivity index (χ0n) is 21.2. The summed E-state index contributed by atoms with van der Waals surface area (Å²) in [5, 5.41) is 9.37. The number of hydrogen-bond donors (Lipinski definition) is 0. The third kappa shape index (κ3) is 7.95. The maximum Gasteiger partial charge on any atom is 0.0733 e. The number of benzene rings is 2. The second-order valence-electron chi connectivity index (χ2n) is 9.89. The number of nitrogens with zero attached hydrogens (tertiary/aromatic N) is 2. The molecule has 0 N–H and O–H groups in total. The highest BCUT2D eigenvalue weighted by Gasteiger charge is 2.29. The summed E-state index contributed by atoms with van der Waals surface area (Å²) >= 11 is 0. The minimum Gasteiger partial charge on any atom is -0.158 e. The second-order valence-corrected chi connectivity index (χ2v) is 9.89. The van der Waals surface area contributed by atoms with Crippen molar-refractivity contribution in [3.05, 3.63) is 71.3 Å². The Balaban J connectivity index is 1.69. The van der Waals surface area contributed by atoms with E-state index in [0.29, 0.717) is 5.92 Å². The van der Waals surface area contributed by atoms with Gasteiger partial charge in [-0.05, 0) is 67.1 Å². The lowest BCUT2D eigenvalue weighted by Crippen LogP contribution is -2.26. The van der Waals surface area contributed by atoms with Crippen LogP contribution in [0.2, 0.25) is 0 Å². The summed E-state index contributed by atoms with van der Waals surface area (Å²) in [6.45, 7) is 6.92. The smallest absolute Gasteiger partial charge is 0.0733 e. The van der Waals surface area contributed by atoms with E-state index < -0.39 is 0 Å². The second kappa shape index (κ2) is 14.1. The van der Waals surface area contributed by atoms with Gasteiger partial charge in [0, 0.05) is 5.92 Å². The van der Waals surface area contributed by atoms with Gasteiger partial charge >= 0.3 is 0 Å². The molecule has 33 heavy (non-hydrogen) atoms. The molecule has 0 bridgehead atoms. The van der Waals surface area contributed by atoms with Crippen molar-refractivity contribution in [1.29, 1.82) is 0 Å². The van der Waals surface area contributed by atoms with E-state index in [1.807, 2.05) is 6.21 Å². The van der Waals surface area contributed by atoms with Gasteiger partial charge in [-0.2, -0.15) is 10.2 Å². The van der Waals surface area contributed by atoms with Crippen molar-refractivity contribution < 1.29 is 0 Å². The summed E-state index contributed by atoms with van der Waals surface area (Å²) in [4.78, 5) is 0. The molecule has 0 radical (unpaired) electrons. The SMILES string of the molecule is CCCCc1ccc(C=NN=C(c2ccccc2)[C@H]2CC[C@H](C(CCC)CCC)CC2)cc1. The van der Waals surface area contributed by atoms with Gasteiger partial charge in [-0.25, -0.2) is 0 Å². The van der Waals surface area contributed by atoms with Crippen LogP contribution in [0.1, 0.15) is 102 Å². The normalized spacial score (nSPS) is 19.5. The fourth-order valence-electron chi connectivity index (χ4n) is 5.51. The number of unbranched alkanes of at least 4 members (excludes halogenated alkanes) is 1. The minimum absolute atomic E-state index is 0.515. The van der Waals surface area contributed by atoms with Crippen molar-refractivity contribution in [2.45, 2.75) is 91.4 Å². The van der Waals surface area contributed by atoms with E-state index in [2.05, 4.69) is 80.5 Å². The van der Waals surface area contributed by atoms with Crippen molar-refractivity contribution in [2.24, 2.45) is 28.0 Å². The summed E-state index contributed by atoms with van der Waals surface area (Å²) in [5.74, 6) is 2.32. The van der Waals surface area contributed by atoms with Crippen LogP contribution in [-0.2, 0) is 6.42 Å². The molecule has 1 aliphatic carbocycles. The standard InChI is InChI=1S/C31H44N2/c1-4-7-13-25-16-18-26(19-17-25)24-32-33-31(29-14-9-8-10-15-29)30-22-20-28(21-23-30)27(11-5-2)12-6-3/h8-10,14-19,24,27-28,30H,4-7,11-13,20-23H2,1-3H3/t28-,30-. The molecule has 0 unspecified atom stereocenters. The molecular weight excluding hydrogens is 400 g/mol. The largest absolute Gasteiger partial charge is 0.158 e. The summed E-state index contributed by atoms with van der Waals surface area (Å²) in [6, 6.07) is 19.5. The first-order valence-corrected chi connectivity index (χ1v) is 13.5. The van der Waals surface area contributed by atoms with Crippen molar-refractivity contribution in [3.8, 4) is 0 Å². The van der Waals surface area contributed by atoms with Crippen LogP contribution in [0.4, 0.5) is 0 Å². The van der Waals surface area contributed by atoms with E-state index in [1.54, 1.807) is 0 Å². The quantitative estimate of drug-likeness (QED) is 0.231. The molecule has 0 aliphatic heterocycles. The highest BCUT2D eigenvalue weighted by atomic mass is 15.2. The molecule has 0 spiro atoms. The topological polar surface area (TPSA) is 24.7 Å². The van der Waals surface area contributed by atoms with Gasteiger partial charge in [-0.3, -0.25) is 0 Å². The first-order chi connectivity index (χ1) is 16.2. The van der Waals surface area contributed by atoms with Crippen LogP contribution in [0.15, 0.2) is 64.8 Å². The molecule has 0 heterocycles. The first-order valence-electron chi connectivity index (χ1n) is 13.5. The Labute approximate surface area is 202 Å². The molecule has 0 saturated heterocycles. The van der Waals surface area contributed by atoms with Gasteiger partial charge in [0.15, 0.2) is 0 Å². The fraction of sp³-hybridized carbons (Fsp3) is 0.548. The zero-order chi connectivity index (χ0) is 23.3. The van der Waals surface area contributed by atoms with E-state index in [9.17, 15) is 0 Å². The van der Waals surface area contributed by atoms with Crippen LogP contribution in [0.5, 0.6) is 0 Å². The van der Waals surface area contributed by atoms with Crippen LogP contribution in [0.3, 0.4) is 0 Å². The number of aryl methyl sites for hydroxylation is 1. The fourth-order valence-corrected chi connectivity index (χ4v) is 5.51. The van der Waals surface area contributed by atoms with Gasteiger partial charge in [-0.15, -0.1) is 0 Å². The third-order valence-electron chi connectivity index (χ3n) is 7.38. The van der Waals surface area contributed by atoms with Gasteiger partial charge in [0.1, 0.15) is 0 Å². The van der Waals surface area contributed by atoms with Crippen LogP contribution in [-0.4, -0.2) is 11.9 Å². The monoisotopic (exact) mass is 444 g/mol. The maximum atomic E-state index is 4.81. The van der Waals surface area contributed by atoms with Gasteiger partial charge in [0.2, 0.25) is 0 Å². The molecule has 2 nitrogen and oxygen atoms in total. The predicted molar refractivity (Wildman–Crippen MR) is 144 cm³/mol. The molecule has 178 valence electrons. The molecule has 0 amide bonds. The van der Waals surface area contributed by atoms with Crippen LogP contribution in [0.25, 0.3) is 0 Å². The molecule has 0 aromatic heterocycles. The molecule has 2 aromatic carbocycles. The molecule has 1 saturated carbocycles.